The molecule has 4 nitrogen and oxygen atoms in total. The van der Waals surface area contributed by atoms with Gasteiger partial charge in [0.1, 0.15) is 5.52 Å². The monoisotopic (exact) mass is 383 g/mol. The highest BCUT2D eigenvalue weighted by Crippen LogP contribution is 2.30. The summed E-state index contributed by atoms with van der Waals surface area (Å²) in [6.07, 6.45) is -3.20. The highest BCUT2D eigenvalue weighted by Gasteiger charge is 2.30. The first kappa shape index (κ1) is 18.8. The van der Waals surface area contributed by atoms with E-state index < -0.39 is 35.3 Å². The molecule has 1 atom stereocenters. The summed E-state index contributed by atoms with van der Waals surface area (Å²) in [5.74, 6) is -2.55. The van der Waals surface area contributed by atoms with Gasteiger partial charge in [-0.1, -0.05) is 12.1 Å². The van der Waals surface area contributed by atoms with Crippen LogP contribution in [-0.2, 0) is 17.5 Å². The van der Waals surface area contributed by atoms with Gasteiger partial charge >= 0.3 is 6.18 Å². The zero-order valence-corrected chi connectivity index (χ0v) is 14.0. The first-order valence-electron chi connectivity index (χ1n) is 7.90. The molecule has 1 unspecified atom stereocenters. The van der Waals surface area contributed by atoms with Crippen LogP contribution in [0.2, 0.25) is 0 Å². The molecule has 0 spiro atoms. The van der Waals surface area contributed by atoms with E-state index in [4.69, 9.17) is 0 Å². The van der Waals surface area contributed by atoms with E-state index in [9.17, 15) is 26.7 Å². The second-order valence-corrected chi connectivity index (χ2v) is 6.00. The van der Waals surface area contributed by atoms with Crippen molar-refractivity contribution in [2.24, 2.45) is 0 Å². The van der Waals surface area contributed by atoms with Gasteiger partial charge < -0.3 is 9.88 Å². The number of nitrogens with one attached hydrogen (secondary N) is 1. The Kier molecular flexibility index (Phi) is 4.86. The summed E-state index contributed by atoms with van der Waals surface area (Å²) >= 11 is 0. The zero-order valence-electron chi connectivity index (χ0n) is 14.0. The van der Waals surface area contributed by atoms with Gasteiger partial charge in [0.2, 0.25) is 5.91 Å². The van der Waals surface area contributed by atoms with Crippen molar-refractivity contribution in [2.45, 2.75) is 25.7 Å². The SMILES string of the molecule is CC(=O)NC(Cn1cnc2ccc(F)c(F)c21)c1ccc(C(F)(F)F)cc1. The van der Waals surface area contributed by atoms with E-state index in [1.165, 1.54) is 36.0 Å². The maximum Gasteiger partial charge on any atom is 0.416 e. The lowest BCUT2D eigenvalue weighted by molar-refractivity contribution is -0.137. The predicted octanol–water partition coefficient (Wildman–Crippen LogP) is 4.21. The number of carbonyl (C=O) groups is 1. The van der Waals surface area contributed by atoms with Crippen molar-refractivity contribution in [3.8, 4) is 0 Å². The summed E-state index contributed by atoms with van der Waals surface area (Å²) in [5.41, 5.74) is -0.300. The summed E-state index contributed by atoms with van der Waals surface area (Å²) in [6, 6.07) is 5.78. The smallest absolute Gasteiger partial charge is 0.348 e. The maximum absolute atomic E-state index is 14.1. The van der Waals surface area contributed by atoms with Gasteiger partial charge in [0.15, 0.2) is 11.6 Å². The number of amides is 1. The summed E-state index contributed by atoms with van der Waals surface area (Å²) < 4.78 is 67.2. The zero-order chi connectivity index (χ0) is 19.8. The number of halogens is 5. The summed E-state index contributed by atoms with van der Waals surface area (Å²) in [5, 5.41) is 2.61. The second kappa shape index (κ2) is 6.98. The van der Waals surface area contributed by atoms with Gasteiger partial charge in [-0.3, -0.25) is 4.79 Å². The van der Waals surface area contributed by atoms with Gasteiger partial charge in [-0.15, -0.1) is 0 Å². The van der Waals surface area contributed by atoms with Crippen LogP contribution in [0.5, 0.6) is 0 Å². The van der Waals surface area contributed by atoms with Crippen molar-refractivity contribution >= 4 is 16.9 Å². The van der Waals surface area contributed by atoms with E-state index >= 15 is 0 Å². The van der Waals surface area contributed by atoms with E-state index in [0.29, 0.717) is 5.56 Å². The largest absolute Gasteiger partial charge is 0.416 e. The van der Waals surface area contributed by atoms with Crippen molar-refractivity contribution in [3.05, 3.63) is 65.5 Å². The van der Waals surface area contributed by atoms with Crippen molar-refractivity contribution in [1.29, 1.82) is 0 Å². The van der Waals surface area contributed by atoms with Crippen molar-refractivity contribution < 1.29 is 26.7 Å². The molecule has 2 aromatic carbocycles. The highest BCUT2D eigenvalue weighted by molar-refractivity contribution is 5.76. The fourth-order valence-corrected chi connectivity index (χ4v) is 2.82. The molecular weight excluding hydrogens is 369 g/mol. The van der Waals surface area contributed by atoms with E-state index in [0.717, 1.165) is 18.2 Å². The molecule has 0 fully saturated rings. The molecule has 1 aromatic heterocycles. The molecule has 0 saturated carbocycles. The summed E-state index contributed by atoms with van der Waals surface area (Å²) in [4.78, 5) is 15.5. The molecule has 27 heavy (non-hydrogen) atoms. The minimum atomic E-state index is -4.48. The van der Waals surface area contributed by atoms with Crippen LogP contribution in [0, 0.1) is 11.6 Å². The molecule has 3 aromatic rings. The number of rotatable bonds is 4. The van der Waals surface area contributed by atoms with E-state index in [-0.39, 0.29) is 17.6 Å². The maximum atomic E-state index is 14.1. The van der Waals surface area contributed by atoms with Crippen LogP contribution in [-0.4, -0.2) is 15.5 Å². The van der Waals surface area contributed by atoms with Crippen molar-refractivity contribution in [1.82, 2.24) is 14.9 Å². The molecular formula is C18H14F5N3O. The number of hydrogen-bond acceptors (Lipinski definition) is 2. The molecule has 142 valence electrons. The van der Waals surface area contributed by atoms with Gasteiger partial charge in [-0.25, -0.2) is 13.8 Å². The van der Waals surface area contributed by atoms with Crippen LogP contribution < -0.4 is 5.32 Å². The fourth-order valence-electron chi connectivity index (χ4n) is 2.82. The van der Waals surface area contributed by atoms with Crippen LogP contribution in [0.4, 0.5) is 22.0 Å². The van der Waals surface area contributed by atoms with E-state index in [2.05, 4.69) is 10.3 Å². The van der Waals surface area contributed by atoms with Crippen LogP contribution in [0.1, 0.15) is 24.1 Å². The normalized spacial score (nSPS) is 13.0. The molecule has 3 rings (SSSR count). The lowest BCUT2D eigenvalue weighted by atomic mass is 10.0. The van der Waals surface area contributed by atoms with Crippen LogP contribution in [0.25, 0.3) is 11.0 Å². The third-order valence-electron chi connectivity index (χ3n) is 4.07. The third kappa shape index (κ3) is 3.91. The molecule has 1 amide bonds. The number of aromatic nitrogens is 2. The Morgan fingerprint density at radius 1 is 1.15 bits per heavy atom. The molecule has 0 saturated heterocycles. The van der Waals surface area contributed by atoms with Gasteiger partial charge in [0.05, 0.1) is 23.4 Å². The number of imidazole rings is 1. The number of fused-ring (bicyclic) bond motifs is 1. The predicted molar refractivity (Wildman–Crippen MR) is 87.7 cm³/mol. The Hall–Kier alpha value is -2.97. The van der Waals surface area contributed by atoms with Gasteiger partial charge in [0, 0.05) is 13.5 Å². The number of benzene rings is 2. The van der Waals surface area contributed by atoms with Gasteiger partial charge in [-0.2, -0.15) is 13.2 Å². The number of hydrogen-bond donors (Lipinski definition) is 1. The minimum Gasteiger partial charge on any atom is -0.348 e. The topological polar surface area (TPSA) is 46.9 Å². The minimum absolute atomic E-state index is 0.0399. The second-order valence-electron chi connectivity index (χ2n) is 6.00. The van der Waals surface area contributed by atoms with Crippen LogP contribution >= 0.6 is 0 Å². The first-order chi connectivity index (χ1) is 12.7. The average molecular weight is 383 g/mol. The number of carbonyl (C=O) groups excluding carboxylic acids is 1. The molecule has 0 aliphatic carbocycles. The standard InChI is InChI=1S/C18H14F5N3O/c1-10(27)25-15(11-2-4-12(5-3-11)18(21,22)23)8-26-9-24-14-7-6-13(19)16(20)17(14)26/h2-7,9,15H,8H2,1H3,(H,25,27). The summed E-state index contributed by atoms with van der Waals surface area (Å²) in [6.45, 7) is 1.21. The quantitative estimate of drug-likeness (QED) is 0.686. The van der Waals surface area contributed by atoms with Gasteiger partial charge in [0.25, 0.3) is 0 Å². The van der Waals surface area contributed by atoms with Crippen molar-refractivity contribution in [3.63, 3.8) is 0 Å². The Morgan fingerprint density at radius 3 is 2.41 bits per heavy atom. The molecule has 9 heteroatoms. The van der Waals surface area contributed by atoms with Crippen LogP contribution in [0.3, 0.4) is 0 Å². The Balaban J connectivity index is 1.97. The number of alkyl halides is 3. The fraction of sp³-hybridized carbons (Fsp3) is 0.222. The van der Waals surface area contributed by atoms with E-state index in [1.807, 2.05) is 0 Å². The first-order valence-corrected chi connectivity index (χ1v) is 7.90. The lowest BCUT2D eigenvalue weighted by Crippen LogP contribution is -2.29. The van der Waals surface area contributed by atoms with Gasteiger partial charge in [-0.05, 0) is 29.8 Å². The summed E-state index contributed by atoms with van der Waals surface area (Å²) in [7, 11) is 0. The number of nitrogens with zero attached hydrogens (tertiary/aromatic N) is 2. The van der Waals surface area contributed by atoms with Crippen molar-refractivity contribution in [2.75, 3.05) is 0 Å². The molecule has 0 bridgehead atoms. The Bertz CT molecular complexity index is 979. The van der Waals surface area contributed by atoms with Crippen LogP contribution in [0.15, 0.2) is 42.7 Å². The average Bonchev–Trinajstić information content (AvgIpc) is 3.00. The molecule has 0 aliphatic heterocycles. The molecule has 0 radical (unpaired) electrons. The Morgan fingerprint density at radius 2 is 1.81 bits per heavy atom. The highest BCUT2D eigenvalue weighted by atomic mass is 19.4. The third-order valence-corrected chi connectivity index (χ3v) is 4.07. The molecule has 1 heterocycles. The molecule has 1 N–H and O–H groups in total. The van der Waals surface area contributed by atoms with E-state index in [1.54, 1.807) is 0 Å². The Labute approximate surface area is 150 Å². The molecule has 0 aliphatic rings. The lowest BCUT2D eigenvalue weighted by Gasteiger charge is -2.20.